The Balaban J connectivity index is 1.71. The van der Waals surface area contributed by atoms with E-state index in [0.29, 0.717) is 12.6 Å². The third-order valence-corrected chi connectivity index (χ3v) is 3.96. The highest BCUT2D eigenvalue weighted by Crippen LogP contribution is 2.22. The topological polar surface area (TPSA) is 40.5 Å². The monoisotopic (exact) mass is 261 g/mol. The van der Waals surface area contributed by atoms with Crippen molar-refractivity contribution in [1.29, 1.82) is 0 Å². The summed E-state index contributed by atoms with van der Waals surface area (Å²) in [6, 6.07) is 11.2. The number of hydrogen-bond acceptors (Lipinski definition) is 2. The Bertz CT molecular complexity index is 391. The Morgan fingerprint density at radius 1 is 1.32 bits per heavy atom. The lowest BCUT2D eigenvalue weighted by Gasteiger charge is -2.23. The molecule has 3 nitrogen and oxygen atoms in total. The molecule has 1 heterocycles. The summed E-state index contributed by atoms with van der Waals surface area (Å²) in [7, 11) is 0. The van der Waals surface area contributed by atoms with E-state index in [0.717, 1.165) is 13.0 Å². The van der Waals surface area contributed by atoms with Crippen LogP contribution in [0.15, 0.2) is 30.3 Å². The molecule has 1 fully saturated rings. The van der Waals surface area contributed by atoms with Crippen LogP contribution >= 0.6 is 0 Å². The number of carbonyl (C=O) groups is 1. The first-order chi connectivity index (χ1) is 9.25. The molecule has 0 saturated carbocycles. The van der Waals surface area contributed by atoms with Gasteiger partial charge in [-0.2, -0.15) is 0 Å². The summed E-state index contributed by atoms with van der Waals surface area (Å²) in [5, 5.41) is 8.76. The summed E-state index contributed by atoms with van der Waals surface area (Å²) >= 11 is 0. The van der Waals surface area contributed by atoms with Gasteiger partial charge in [0.05, 0.1) is 6.42 Å². The van der Waals surface area contributed by atoms with E-state index < -0.39 is 5.97 Å². The van der Waals surface area contributed by atoms with E-state index >= 15 is 0 Å². The highest BCUT2D eigenvalue weighted by molar-refractivity contribution is 5.66. The molecule has 1 atom stereocenters. The number of aryl methyl sites for hydroxylation is 1. The van der Waals surface area contributed by atoms with Gasteiger partial charge in [-0.3, -0.25) is 9.69 Å². The van der Waals surface area contributed by atoms with E-state index in [1.54, 1.807) is 0 Å². The van der Waals surface area contributed by atoms with Crippen LogP contribution in [0.25, 0.3) is 0 Å². The standard InChI is InChI=1S/C16H23NO2/c18-16(19)11-13-17-12-5-10-15(17)9-4-8-14-6-2-1-3-7-14/h1-3,6-7,15H,4-5,8-13H2,(H,18,19)/t15-/m0/s1. The van der Waals surface area contributed by atoms with Crippen molar-refractivity contribution in [2.45, 2.75) is 44.6 Å². The van der Waals surface area contributed by atoms with Gasteiger partial charge in [0, 0.05) is 12.6 Å². The Kier molecular flexibility index (Phi) is 5.40. The largest absolute Gasteiger partial charge is 0.481 e. The molecular formula is C16H23NO2. The molecule has 0 aromatic heterocycles. The van der Waals surface area contributed by atoms with Gasteiger partial charge >= 0.3 is 5.97 Å². The van der Waals surface area contributed by atoms with Crippen LogP contribution in [0.4, 0.5) is 0 Å². The molecule has 0 spiro atoms. The molecule has 1 aromatic rings. The summed E-state index contributed by atoms with van der Waals surface area (Å²) in [4.78, 5) is 13.0. The van der Waals surface area contributed by atoms with Gasteiger partial charge in [0.2, 0.25) is 0 Å². The van der Waals surface area contributed by atoms with Crippen LogP contribution in [-0.2, 0) is 11.2 Å². The van der Waals surface area contributed by atoms with Crippen LogP contribution in [0, 0.1) is 0 Å². The number of aliphatic carboxylic acids is 1. The maximum absolute atomic E-state index is 10.6. The summed E-state index contributed by atoms with van der Waals surface area (Å²) in [5.41, 5.74) is 1.40. The SMILES string of the molecule is O=C(O)CCN1CCC[C@@H]1CCCc1ccccc1. The smallest absolute Gasteiger partial charge is 0.304 e. The van der Waals surface area contributed by atoms with Gasteiger partial charge in [-0.1, -0.05) is 30.3 Å². The van der Waals surface area contributed by atoms with Crippen LogP contribution in [-0.4, -0.2) is 35.1 Å². The Labute approximate surface area is 115 Å². The lowest BCUT2D eigenvalue weighted by atomic mass is 10.0. The number of carboxylic acids is 1. The number of rotatable bonds is 7. The normalized spacial score (nSPS) is 19.7. The van der Waals surface area contributed by atoms with Crippen LogP contribution in [0.2, 0.25) is 0 Å². The fourth-order valence-corrected chi connectivity index (χ4v) is 2.94. The van der Waals surface area contributed by atoms with E-state index in [9.17, 15) is 4.79 Å². The quantitative estimate of drug-likeness (QED) is 0.820. The molecule has 1 saturated heterocycles. The van der Waals surface area contributed by atoms with Crippen LogP contribution in [0.3, 0.4) is 0 Å². The molecule has 19 heavy (non-hydrogen) atoms. The molecule has 1 aliphatic heterocycles. The van der Waals surface area contributed by atoms with Crippen LogP contribution in [0.5, 0.6) is 0 Å². The number of benzene rings is 1. The zero-order valence-corrected chi connectivity index (χ0v) is 11.4. The molecule has 0 amide bonds. The van der Waals surface area contributed by atoms with E-state index in [1.165, 1.54) is 31.2 Å². The van der Waals surface area contributed by atoms with Gasteiger partial charge in [-0.15, -0.1) is 0 Å². The first kappa shape index (κ1) is 14.1. The minimum absolute atomic E-state index is 0.273. The number of carboxylic acid groups (broad SMARTS) is 1. The summed E-state index contributed by atoms with van der Waals surface area (Å²) < 4.78 is 0. The predicted octanol–water partition coefficient (Wildman–Crippen LogP) is 2.95. The van der Waals surface area contributed by atoms with Gasteiger partial charge in [0.1, 0.15) is 0 Å². The van der Waals surface area contributed by atoms with Crippen molar-refractivity contribution in [3.63, 3.8) is 0 Å². The summed E-state index contributed by atoms with van der Waals surface area (Å²) in [6.07, 6.45) is 6.23. The zero-order valence-electron chi connectivity index (χ0n) is 11.4. The van der Waals surface area contributed by atoms with E-state index in [4.69, 9.17) is 5.11 Å². The average molecular weight is 261 g/mol. The van der Waals surface area contributed by atoms with Crippen molar-refractivity contribution >= 4 is 5.97 Å². The maximum Gasteiger partial charge on any atom is 0.304 e. The van der Waals surface area contributed by atoms with Gasteiger partial charge in [0.25, 0.3) is 0 Å². The Morgan fingerprint density at radius 2 is 2.11 bits per heavy atom. The van der Waals surface area contributed by atoms with Crippen molar-refractivity contribution in [3.8, 4) is 0 Å². The molecule has 1 N–H and O–H groups in total. The molecule has 3 heteroatoms. The molecule has 1 aliphatic rings. The van der Waals surface area contributed by atoms with Crippen molar-refractivity contribution < 1.29 is 9.90 Å². The van der Waals surface area contributed by atoms with Crippen molar-refractivity contribution in [2.24, 2.45) is 0 Å². The van der Waals surface area contributed by atoms with Crippen LogP contribution < -0.4 is 0 Å². The summed E-state index contributed by atoms with van der Waals surface area (Å²) in [5.74, 6) is -0.685. The van der Waals surface area contributed by atoms with Gasteiger partial charge in [0.15, 0.2) is 0 Å². The zero-order chi connectivity index (χ0) is 13.5. The maximum atomic E-state index is 10.6. The summed E-state index contributed by atoms with van der Waals surface area (Å²) in [6.45, 7) is 1.79. The average Bonchev–Trinajstić information content (AvgIpc) is 2.85. The molecule has 0 bridgehead atoms. The third kappa shape index (κ3) is 4.67. The predicted molar refractivity (Wildman–Crippen MR) is 76.2 cm³/mol. The number of hydrogen-bond donors (Lipinski definition) is 1. The van der Waals surface area contributed by atoms with Crippen LogP contribution in [0.1, 0.15) is 37.7 Å². The van der Waals surface area contributed by atoms with Crippen molar-refractivity contribution in [1.82, 2.24) is 4.90 Å². The molecule has 2 rings (SSSR count). The second-order valence-corrected chi connectivity index (χ2v) is 5.35. The van der Waals surface area contributed by atoms with E-state index in [2.05, 4.69) is 29.2 Å². The Hall–Kier alpha value is -1.35. The highest BCUT2D eigenvalue weighted by Gasteiger charge is 2.23. The molecule has 0 unspecified atom stereocenters. The third-order valence-electron chi connectivity index (χ3n) is 3.96. The fraction of sp³-hybridized carbons (Fsp3) is 0.562. The molecule has 0 radical (unpaired) electrons. The molecule has 104 valence electrons. The molecule has 1 aromatic carbocycles. The second-order valence-electron chi connectivity index (χ2n) is 5.35. The van der Waals surface area contributed by atoms with Gasteiger partial charge < -0.3 is 5.11 Å². The minimum Gasteiger partial charge on any atom is -0.481 e. The van der Waals surface area contributed by atoms with Gasteiger partial charge in [-0.25, -0.2) is 0 Å². The molecule has 0 aliphatic carbocycles. The first-order valence-corrected chi connectivity index (χ1v) is 7.25. The minimum atomic E-state index is -0.685. The second kappa shape index (κ2) is 7.29. The Morgan fingerprint density at radius 3 is 2.84 bits per heavy atom. The van der Waals surface area contributed by atoms with E-state index in [1.807, 2.05) is 6.07 Å². The van der Waals surface area contributed by atoms with Crippen molar-refractivity contribution in [2.75, 3.05) is 13.1 Å². The lowest BCUT2D eigenvalue weighted by Crippen LogP contribution is -2.31. The van der Waals surface area contributed by atoms with Crippen molar-refractivity contribution in [3.05, 3.63) is 35.9 Å². The highest BCUT2D eigenvalue weighted by atomic mass is 16.4. The van der Waals surface area contributed by atoms with E-state index in [-0.39, 0.29) is 6.42 Å². The fourth-order valence-electron chi connectivity index (χ4n) is 2.94. The van der Waals surface area contributed by atoms with Gasteiger partial charge in [-0.05, 0) is 44.2 Å². The first-order valence-electron chi connectivity index (χ1n) is 7.25. The number of likely N-dealkylation sites (tertiary alicyclic amines) is 1. The lowest BCUT2D eigenvalue weighted by molar-refractivity contribution is -0.137. The number of nitrogens with zero attached hydrogens (tertiary/aromatic N) is 1. The molecular weight excluding hydrogens is 238 g/mol.